The Kier molecular flexibility index (Phi) is 17.1. The zero-order valence-corrected chi connectivity index (χ0v) is 15.3. The van der Waals surface area contributed by atoms with Crippen molar-refractivity contribution in [1.29, 1.82) is 5.26 Å². The Balaban J connectivity index is 0. The third-order valence-corrected chi connectivity index (χ3v) is 3.41. The van der Waals surface area contributed by atoms with Gasteiger partial charge in [-0.1, -0.05) is 34.1 Å². The normalized spacial score (nSPS) is 14.4. The fourth-order valence-corrected chi connectivity index (χ4v) is 2.28. The number of amides is 1. The molecule has 0 atom stereocenters. The van der Waals surface area contributed by atoms with Crippen LogP contribution in [0.1, 0.15) is 59.8 Å². The van der Waals surface area contributed by atoms with Crippen molar-refractivity contribution in [3.8, 4) is 6.07 Å². The van der Waals surface area contributed by atoms with E-state index < -0.39 is 0 Å². The Labute approximate surface area is 137 Å². The predicted octanol–water partition coefficient (Wildman–Crippen LogP) is 2.61. The molecule has 1 rings (SSSR count). The average Bonchev–Trinajstić information content (AvgIpc) is 2.57. The molecule has 5 heteroatoms. The molecule has 1 aliphatic rings. The molecule has 0 bridgehead atoms. The molecule has 1 fully saturated rings. The first-order valence-electron chi connectivity index (χ1n) is 8.65. The summed E-state index contributed by atoms with van der Waals surface area (Å²) in [5, 5.41) is 8.49. The molecule has 0 unspecified atom stereocenters. The van der Waals surface area contributed by atoms with Gasteiger partial charge in [0.2, 0.25) is 5.91 Å². The molecule has 2 N–H and O–H groups in total. The average molecular weight is 313 g/mol. The molecule has 22 heavy (non-hydrogen) atoms. The maximum atomic E-state index is 11.4. The van der Waals surface area contributed by atoms with Gasteiger partial charge in [0.1, 0.15) is 0 Å². The van der Waals surface area contributed by atoms with Crippen molar-refractivity contribution in [2.24, 2.45) is 5.73 Å². The Morgan fingerprint density at radius 3 is 2.23 bits per heavy atom. The van der Waals surface area contributed by atoms with E-state index in [1.165, 1.54) is 6.42 Å². The molecular formula is C17H36N4O. The second-order valence-corrected chi connectivity index (χ2v) is 5.27. The first-order valence-corrected chi connectivity index (χ1v) is 8.65. The lowest BCUT2D eigenvalue weighted by Crippen LogP contribution is -2.47. The molecule has 5 nitrogen and oxygen atoms in total. The standard InChI is InChI=1S/C12H22N4O.C3H8.C2H6/c1-15(7-3-2-6-13)11-4-8-16(9-5-11)12(17)10-14;1-3-2;1-2/h11H,2-5,7-10,14H2,1H3;3H2,1-2H3;1-2H3. The first kappa shape index (κ1) is 23.2. The van der Waals surface area contributed by atoms with Gasteiger partial charge in [-0.3, -0.25) is 4.79 Å². The van der Waals surface area contributed by atoms with Crippen LogP contribution in [0.2, 0.25) is 0 Å². The Morgan fingerprint density at radius 2 is 1.82 bits per heavy atom. The Morgan fingerprint density at radius 1 is 1.32 bits per heavy atom. The third-order valence-electron chi connectivity index (χ3n) is 3.41. The minimum Gasteiger partial charge on any atom is -0.341 e. The monoisotopic (exact) mass is 312 g/mol. The zero-order chi connectivity index (χ0) is 17.4. The highest BCUT2D eigenvalue weighted by molar-refractivity contribution is 5.78. The summed E-state index contributed by atoms with van der Waals surface area (Å²) in [4.78, 5) is 15.6. The van der Waals surface area contributed by atoms with Crippen LogP contribution in [0.4, 0.5) is 0 Å². The molecule has 0 radical (unpaired) electrons. The van der Waals surface area contributed by atoms with Gasteiger partial charge in [0.25, 0.3) is 0 Å². The lowest BCUT2D eigenvalue weighted by molar-refractivity contribution is -0.131. The summed E-state index contributed by atoms with van der Waals surface area (Å²) in [7, 11) is 2.10. The molecule has 0 aromatic heterocycles. The fourth-order valence-electron chi connectivity index (χ4n) is 2.28. The van der Waals surface area contributed by atoms with Crippen molar-refractivity contribution in [3.05, 3.63) is 0 Å². The van der Waals surface area contributed by atoms with Gasteiger partial charge in [0.05, 0.1) is 12.6 Å². The maximum Gasteiger partial charge on any atom is 0.236 e. The number of nitrogens with zero attached hydrogens (tertiary/aromatic N) is 3. The van der Waals surface area contributed by atoms with Crippen LogP contribution in [-0.2, 0) is 4.79 Å². The topological polar surface area (TPSA) is 73.4 Å². The molecule has 0 aliphatic carbocycles. The number of nitrogens with two attached hydrogens (primary N) is 1. The zero-order valence-electron chi connectivity index (χ0n) is 15.3. The van der Waals surface area contributed by atoms with Crippen molar-refractivity contribution in [1.82, 2.24) is 9.80 Å². The second kappa shape index (κ2) is 16.3. The van der Waals surface area contributed by atoms with Gasteiger partial charge in [0, 0.05) is 25.6 Å². The van der Waals surface area contributed by atoms with Crippen molar-refractivity contribution >= 4 is 5.91 Å². The smallest absolute Gasteiger partial charge is 0.236 e. The number of carbonyl (C=O) groups is 1. The Hall–Kier alpha value is -1.12. The fraction of sp³-hybridized carbons (Fsp3) is 0.882. The Bertz CT molecular complexity index is 294. The van der Waals surface area contributed by atoms with Gasteiger partial charge in [-0.05, 0) is 32.9 Å². The summed E-state index contributed by atoms with van der Waals surface area (Å²) < 4.78 is 0. The lowest BCUT2D eigenvalue weighted by atomic mass is 10.0. The van der Waals surface area contributed by atoms with E-state index in [4.69, 9.17) is 11.0 Å². The van der Waals surface area contributed by atoms with Gasteiger partial charge in [-0.25, -0.2) is 0 Å². The van der Waals surface area contributed by atoms with Crippen LogP contribution in [0, 0.1) is 11.3 Å². The van der Waals surface area contributed by atoms with E-state index in [1.807, 2.05) is 18.7 Å². The quantitative estimate of drug-likeness (QED) is 0.792. The van der Waals surface area contributed by atoms with E-state index in [9.17, 15) is 4.79 Å². The van der Waals surface area contributed by atoms with Gasteiger partial charge in [-0.2, -0.15) is 5.26 Å². The van der Waals surface area contributed by atoms with E-state index >= 15 is 0 Å². The number of piperidine rings is 1. The molecule has 1 amide bonds. The van der Waals surface area contributed by atoms with Crippen LogP contribution in [-0.4, -0.2) is 55.0 Å². The maximum absolute atomic E-state index is 11.4. The first-order chi connectivity index (χ1) is 10.6. The summed E-state index contributed by atoms with van der Waals surface area (Å²) in [5.74, 6) is 0.0515. The molecule has 130 valence electrons. The van der Waals surface area contributed by atoms with E-state index in [2.05, 4.69) is 31.9 Å². The molecule has 1 heterocycles. The number of hydrogen-bond acceptors (Lipinski definition) is 4. The SMILES string of the molecule is CC.CCC.CN(CCCC#N)C1CCN(C(=O)CN)CC1. The van der Waals surface area contributed by atoms with Crippen LogP contribution in [0.3, 0.4) is 0 Å². The highest BCUT2D eigenvalue weighted by Gasteiger charge is 2.24. The highest BCUT2D eigenvalue weighted by Crippen LogP contribution is 2.15. The van der Waals surface area contributed by atoms with Crippen LogP contribution in [0.15, 0.2) is 0 Å². The van der Waals surface area contributed by atoms with Crippen LogP contribution in [0.5, 0.6) is 0 Å². The highest BCUT2D eigenvalue weighted by atomic mass is 16.2. The van der Waals surface area contributed by atoms with Crippen LogP contribution >= 0.6 is 0 Å². The van der Waals surface area contributed by atoms with E-state index in [-0.39, 0.29) is 12.5 Å². The van der Waals surface area contributed by atoms with Crippen molar-refractivity contribution in [2.45, 2.75) is 65.8 Å². The third kappa shape index (κ3) is 10.6. The molecule has 0 aromatic carbocycles. The minimum atomic E-state index is 0.0515. The number of carbonyl (C=O) groups excluding carboxylic acids is 1. The molecular weight excluding hydrogens is 276 g/mol. The van der Waals surface area contributed by atoms with E-state index in [0.29, 0.717) is 12.5 Å². The van der Waals surface area contributed by atoms with Gasteiger partial charge in [0.15, 0.2) is 0 Å². The molecule has 0 aromatic rings. The van der Waals surface area contributed by atoms with E-state index in [1.54, 1.807) is 0 Å². The number of rotatable bonds is 5. The summed E-state index contributed by atoms with van der Waals surface area (Å²) in [5.41, 5.74) is 5.35. The van der Waals surface area contributed by atoms with Crippen molar-refractivity contribution < 1.29 is 4.79 Å². The lowest BCUT2D eigenvalue weighted by Gasteiger charge is -2.36. The summed E-state index contributed by atoms with van der Waals surface area (Å²) in [6.45, 7) is 10.9. The van der Waals surface area contributed by atoms with Crippen molar-refractivity contribution in [3.63, 3.8) is 0 Å². The van der Waals surface area contributed by atoms with Gasteiger partial charge < -0.3 is 15.5 Å². The number of unbranched alkanes of at least 4 members (excludes halogenated alkanes) is 1. The molecule has 0 saturated carbocycles. The summed E-state index contributed by atoms with van der Waals surface area (Å²) in [6, 6.07) is 2.70. The molecule has 0 spiro atoms. The van der Waals surface area contributed by atoms with Crippen LogP contribution < -0.4 is 5.73 Å². The number of nitriles is 1. The summed E-state index contributed by atoms with van der Waals surface area (Å²) in [6.07, 6.45) is 4.81. The molecule has 1 saturated heterocycles. The molecule has 1 aliphatic heterocycles. The number of hydrogen-bond donors (Lipinski definition) is 1. The largest absolute Gasteiger partial charge is 0.341 e. The van der Waals surface area contributed by atoms with Crippen LogP contribution in [0.25, 0.3) is 0 Å². The van der Waals surface area contributed by atoms with Gasteiger partial charge in [-0.15, -0.1) is 0 Å². The summed E-state index contributed by atoms with van der Waals surface area (Å²) >= 11 is 0. The predicted molar refractivity (Wildman–Crippen MR) is 93.4 cm³/mol. The number of likely N-dealkylation sites (tertiary alicyclic amines) is 1. The van der Waals surface area contributed by atoms with Crippen molar-refractivity contribution in [2.75, 3.05) is 33.2 Å². The minimum absolute atomic E-state index is 0.0515. The van der Waals surface area contributed by atoms with E-state index in [0.717, 1.165) is 38.9 Å². The second-order valence-electron chi connectivity index (χ2n) is 5.27. The van der Waals surface area contributed by atoms with Gasteiger partial charge >= 0.3 is 0 Å².